The number of carbonyl (C=O) groups is 2. The smallest absolute Gasteiger partial charge is 0.352 e. The van der Waals surface area contributed by atoms with Gasteiger partial charge in [-0.15, -0.1) is 11.3 Å². The van der Waals surface area contributed by atoms with Gasteiger partial charge in [0.2, 0.25) is 0 Å². The molecule has 0 aliphatic heterocycles. The van der Waals surface area contributed by atoms with Gasteiger partial charge in [0.15, 0.2) is 0 Å². The van der Waals surface area contributed by atoms with E-state index in [0.29, 0.717) is 6.42 Å². The van der Waals surface area contributed by atoms with Gasteiger partial charge in [0.25, 0.3) is 11.8 Å². The van der Waals surface area contributed by atoms with Gasteiger partial charge in [-0.05, 0) is 25.1 Å². The summed E-state index contributed by atoms with van der Waals surface area (Å²) in [5.74, 6) is -1.30. The number of alkyl halides is 3. The fourth-order valence-electron chi connectivity index (χ4n) is 2.69. The van der Waals surface area contributed by atoms with E-state index in [1.165, 1.54) is 34.5 Å². The molecule has 0 saturated heterocycles. The molecule has 2 amide bonds. The Balaban J connectivity index is 1.77. The Labute approximate surface area is 173 Å². The molecule has 11 heteroatoms. The molecule has 0 unspecified atom stereocenters. The van der Waals surface area contributed by atoms with Gasteiger partial charge in [-0.1, -0.05) is 0 Å². The number of rotatable bonds is 6. The first-order valence-corrected chi connectivity index (χ1v) is 9.71. The average Bonchev–Trinajstić information content (AvgIpc) is 3.29. The van der Waals surface area contributed by atoms with E-state index >= 15 is 0 Å². The molecule has 0 atom stereocenters. The number of nitrogens with one attached hydrogen (secondary N) is 2. The van der Waals surface area contributed by atoms with Crippen molar-refractivity contribution in [2.45, 2.75) is 19.5 Å². The van der Waals surface area contributed by atoms with E-state index in [0.717, 1.165) is 22.7 Å². The summed E-state index contributed by atoms with van der Waals surface area (Å²) < 4.78 is 41.3. The first-order chi connectivity index (χ1) is 14.1. The summed E-state index contributed by atoms with van der Waals surface area (Å²) in [5.41, 5.74) is 1.36. The summed E-state index contributed by atoms with van der Waals surface area (Å²) in [6.45, 7) is 2.09. The normalized spacial score (nSPS) is 11.4. The number of nitrogens with zero attached hydrogens (tertiary/aromatic N) is 3. The second-order valence-electron chi connectivity index (χ2n) is 6.52. The van der Waals surface area contributed by atoms with E-state index < -0.39 is 23.6 Å². The number of carbonyl (C=O) groups excluding carboxylic acids is 2. The van der Waals surface area contributed by atoms with E-state index in [4.69, 9.17) is 0 Å². The molecule has 3 rings (SSSR count). The van der Waals surface area contributed by atoms with Crippen LogP contribution in [0.2, 0.25) is 0 Å². The van der Waals surface area contributed by atoms with Crippen molar-refractivity contribution in [1.29, 1.82) is 0 Å². The van der Waals surface area contributed by atoms with Crippen LogP contribution >= 0.6 is 11.3 Å². The first-order valence-electron chi connectivity index (χ1n) is 8.83. The quantitative estimate of drug-likeness (QED) is 0.619. The summed E-state index contributed by atoms with van der Waals surface area (Å²) >= 11 is 1.45. The summed E-state index contributed by atoms with van der Waals surface area (Å²) in [6.07, 6.45) is -1.44. The highest BCUT2D eigenvalue weighted by Gasteiger charge is 2.32. The van der Waals surface area contributed by atoms with Crippen molar-refractivity contribution in [3.8, 4) is 0 Å². The van der Waals surface area contributed by atoms with Gasteiger partial charge in [-0.25, -0.2) is 4.98 Å². The lowest BCUT2D eigenvalue weighted by atomic mass is 10.1. The lowest BCUT2D eigenvalue weighted by Crippen LogP contribution is -2.26. The predicted molar refractivity (Wildman–Crippen MR) is 105 cm³/mol. The van der Waals surface area contributed by atoms with Crippen molar-refractivity contribution in [2.75, 3.05) is 11.9 Å². The number of halogens is 3. The Hall–Kier alpha value is -3.21. The number of benzene rings is 1. The van der Waals surface area contributed by atoms with Crippen LogP contribution in [0.15, 0.2) is 36.1 Å². The highest BCUT2D eigenvalue weighted by atomic mass is 32.1. The van der Waals surface area contributed by atoms with Gasteiger partial charge in [0.05, 0.1) is 28.5 Å². The Kier molecular flexibility index (Phi) is 6.20. The Bertz CT molecular complexity index is 1070. The van der Waals surface area contributed by atoms with Crippen molar-refractivity contribution >= 4 is 28.8 Å². The van der Waals surface area contributed by atoms with Crippen LogP contribution in [0.5, 0.6) is 0 Å². The second kappa shape index (κ2) is 8.66. The van der Waals surface area contributed by atoms with Gasteiger partial charge < -0.3 is 10.6 Å². The minimum Gasteiger partial charge on any atom is -0.352 e. The minimum atomic E-state index is -4.68. The summed E-state index contributed by atoms with van der Waals surface area (Å²) in [6, 6.07) is 2.75. The van der Waals surface area contributed by atoms with Crippen molar-refractivity contribution in [3.63, 3.8) is 0 Å². The summed E-state index contributed by atoms with van der Waals surface area (Å²) in [7, 11) is 1.61. The third-order valence-corrected chi connectivity index (χ3v) is 5.22. The van der Waals surface area contributed by atoms with Crippen molar-refractivity contribution in [2.24, 2.45) is 7.05 Å². The number of aryl methyl sites for hydroxylation is 2. The third kappa shape index (κ3) is 5.23. The molecular formula is C19H18F3N5O2S. The maximum Gasteiger partial charge on any atom is 0.416 e. The summed E-state index contributed by atoms with van der Waals surface area (Å²) in [4.78, 5) is 29.8. The van der Waals surface area contributed by atoms with Crippen LogP contribution in [-0.4, -0.2) is 33.1 Å². The topological polar surface area (TPSA) is 88.9 Å². The molecule has 0 spiro atoms. The number of amides is 2. The molecule has 2 heterocycles. The summed E-state index contributed by atoms with van der Waals surface area (Å²) in [5, 5.41) is 8.84. The molecule has 0 fully saturated rings. The van der Waals surface area contributed by atoms with Gasteiger partial charge >= 0.3 is 6.18 Å². The van der Waals surface area contributed by atoms with Gasteiger partial charge in [-0.2, -0.15) is 18.3 Å². The molecule has 30 heavy (non-hydrogen) atoms. The molecule has 0 bridgehead atoms. The second-order valence-corrected chi connectivity index (χ2v) is 7.46. The zero-order valence-corrected chi connectivity index (χ0v) is 16.9. The van der Waals surface area contributed by atoms with E-state index in [2.05, 4.69) is 20.7 Å². The highest BCUT2D eigenvalue weighted by Crippen LogP contribution is 2.32. The van der Waals surface area contributed by atoms with Gasteiger partial charge in [0, 0.05) is 42.3 Å². The molecule has 0 aliphatic rings. The minimum absolute atomic E-state index is 0.137. The number of aromatic nitrogens is 3. The van der Waals surface area contributed by atoms with Crippen LogP contribution in [0.1, 0.15) is 36.9 Å². The molecular weight excluding hydrogens is 419 g/mol. The van der Waals surface area contributed by atoms with Crippen LogP contribution < -0.4 is 10.6 Å². The SMILES string of the molecule is Cc1ncsc1CCNC(=O)c1cc(NC(=O)c2cnn(C)c2)cc(C(F)(F)F)c1. The molecule has 0 aliphatic carbocycles. The number of thiazole rings is 1. The average molecular weight is 437 g/mol. The lowest BCUT2D eigenvalue weighted by molar-refractivity contribution is -0.137. The molecule has 7 nitrogen and oxygen atoms in total. The standard InChI is InChI=1S/C19H18F3N5O2S/c1-11-16(30-10-24-11)3-4-23-17(28)12-5-14(19(20,21)22)7-15(6-12)26-18(29)13-8-25-27(2)9-13/h5-10H,3-4H2,1-2H3,(H,23,28)(H,26,29). The van der Waals surface area contributed by atoms with E-state index in [1.54, 1.807) is 12.6 Å². The fourth-order valence-corrected chi connectivity index (χ4v) is 3.48. The Morgan fingerprint density at radius 1 is 1.17 bits per heavy atom. The Morgan fingerprint density at radius 3 is 2.53 bits per heavy atom. The monoisotopic (exact) mass is 437 g/mol. The first kappa shape index (κ1) is 21.5. The number of hydrogen-bond donors (Lipinski definition) is 2. The van der Waals surface area contributed by atoms with Crippen molar-refractivity contribution < 1.29 is 22.8 Å². The highest BCUT2D eigenvalue weighted by molar-refractivity contribution is 7.09. The molecule has 2 aromatic heterocycles. The molecule has 0 saturated carbocycles. The molecule has 2 N–H and O–H groups in total. The van der Waals surface area contributed by atoms with Crippen LogP contribution in [0, 0.1) is 6.92 Å². The maximum atomic E-state index is 13.3. The van der Waals surface area contributed by atoms with Crippen LogP contribution in [0.25, 0.3) is 0 Å². The zero-order chi connectivity index (χ0) is 21.9. The molecule has 158 valence electrons. The molecule has 0 radical (unpaired) electrons. The third-order valence-electron chi connectivity index (χ3n) is 4.23. The molecule has 1 aromatic carbocycles. The predicted octanol–water partition coefficient (Wildman–Crippen LogP) is 3.43. The fraction of sp³-hybridized carbons (Fsp3) is 0.263. The Morgan fingerprint density at radius 2 is 1.93 bits per heavy atom. The van der Waals surface area contributed by atoms with E-state index in [-0.39, 0.29) is 23.4 Å². The van der Waals surface area contributed by atoms with E-state index in [1.807, 2.05) is 6.92 Å². The van der Waals surface area contributed by atoms with E-state index in [9.17, 15) is 22.8 Å². The lowest BCUT2D eigenvalue weighted by Gasteiger charge is -2.13. The van der Waals surface area contributed by atoms with Crippen LogP contribution in [0.4, 0.5) is 18.9 Å². The van der Waals surface area contributed by atoms with Crippen molar-refractivity contribution in [1.82, 2.24) is 20.1 Å². The number of anilines is 1. The maximum absolute atomic E-state index is 13.3. The largest absolute Gasteiger partial charge is 0.416 e. The van der Waals surface area contributed by atoms with Gasteiger partial charge in [-0.3, -0.25) is 14.3 Å². The van der Waals surface area contributed by atoms with Crippen molar-refractivity contribution in [3.05, 3.63) is 63.4 Å². The van der Waals surface area contributed by atoms with Gasteiger partial charge in [0.1, 0.15) is 0 Å². The van der Waals surface area contributed by atoms with Crippen LogP contribution in [-0.2, 0) is 19.6 Å². The molecule has 3 aromatic rings. The number of hydrogen-bond acceptors (Lipinski definition) is 5. The zero-order valence-electron chi connectivity index (χ0n) is 16.1. The van der Waals surface area contributed by atoms with Crippen LogP contribution in [0.3, 0.4) is 0 Å².